The van der Waals surface area contributed by atoms with E-state index in [1.807, 2.05) is 0 Å². The van der Waals surface area contributed by atoms with Crippen molar-refractivity contribution in [3.8, 4) is 5.69 Å². The number of amides is 1. The van der Waals surface area contributed by atoms with Gasteiger partial charge in [-0.25, -0.2) is 17.9 Å². The summed E-state index contributed by atoms with van der Waals surface area (Å²) in [6, 6.07) is 13.3. The number of nitrogens with zero attached hydrogens (tertiary/aromatic N) is 2. The van der Waals surface area contributed by atoms with E-state index >= 15 is 0 Å². The maximum Gasteiger partial charge on any atom is 0.358 e. The van der Waals surface area contributed by atoms with E-state index in [1.54, 1.807) is 24.3 Å². The van der Waals surface area contributed by atoms with Crippen molar-refractivity contribution in [3.63, 3.8) is 0 Å². The van der Waals surface area contributed by atoms with Crippen LogP contribution in [0.15, 0.2) is 59.5 Å². The van der Waals surface area contributed by atoms with Gasteiger partial charge in [-0.15, -0.1) is 0 Å². The number of Topliss-reactive ketones (excluding diaryl/α,β-unsaturated/α-hetero) is 1. The normalized spacial score (nSPS) is 11.1. The van der Waals surface area contributed by atoms with Crippen LogP contribution in [0.1, 0.15) is 31.3 Å². The zero-order chi connectivity index (χ0) is 23.5. The first-order chi connectivity index (χ1) is 15.1. The lowest BCUT2D eigenvalue weighted by Gasteiger charge is -2.09. The molecule has 0 unspecified atom stereocenters. The summed E-state index contributed by atoms with van der Waals surface area (Å²) in [6.07, 6.45) is 1.03. The Kier molecular flexibility index (Phi) is 6.75. The first kappa shape index (κ1) is 23.2. The zero-order valence-electron chi connectivity index (χ0n) is 17.0. The summed E-state index contributed by atoms with van der Waals surface area (Å²) in [5.41, 5.74) is 0.311. The van der Waals surface area contributed by atoms with Crippen molar-refractivity contribution in [2.24, 2.45) is 0 Å². The number of ketones is 1. The lowest BCUT2D eigenvalue weighted by Crippen LogP contribution is -2.31. The van der Waals surface area contributed by atoms with Gasteiger partial charge in [-0.05, 0) is 24.3 Å². The first-order valence-corrected chi connectivity index (χ1v) is 11.4. The van der Waals surface area contributed by atoms with E-state index in [0.29, 0.717) is 5.69 Å². The van der Waals surface area contributed by atoms with Gasteiger partial charge in [0.15, 0.2) is 21.3 Å². The number of sulfone groups is 1. The van der Waals surface area contributed by atoms with Crippen molar-refractivity contribution in [1.29, 1.82) is 0 Å². The van der Waals surface area contributed by atoms with Crippen LogP contribution in [0.4, 0.5) is 0 Å². The summed E-state index contributed by atoms with van der Waals surface area (Å²) in [5, 5.41) is 6.85. The summed E-state index contributed by atoms with van der Waals surface area (Å²) >= 11 is 6.21. The molecule has 11 heteroatoms. The van der Waals surface area contributed by atoms with Crippen molar-refractivity contribution >= 4 is 39.1 Å². The molecule has 3 rings (SSSR count). The molecule has 1 amide bonds. The Bertz CT molecular complexity index is 1320. The number of ether oxygens (including phenoxy) is 1. The minimum Gasteiger partial charge on any atom is -0.464 e. The molecule has 0 atom stereocenters. The summed E-state index contributed by atoms with van der Waals surface area (Å²) in [4.78, 5) is 37.2. The highest BCUT2D eigenvalue weighted by Crippen LogP contribution is 2.22. The van der Waals surface area contributed by atoms with Gasteiger partial charge in [-0.3, -0.25) is 9.59 Å². The standard InChI is InChI=1S/C21H18ClN3O6S/c1-31-21(28)16-11-18(25(24-16)17-9-4-3-8-15(17)22)20(27)23-12-19(26)13-6-5-7-14(10-13)32(2,29)30/h3-11H,12H2,1-2H3,(H,23,27). The van der Waals surface area contributed by atoms with Gasteiger partial charge >= 0.3 is 5.97 Å². The highest BCUT2D eigenvalue weighted by Gasteiger charge is 2.22. The van der Waals surface area contributed by atoms with Gasteiger partial charge < -0.3 is 10.1 Å². The number of halogens is 1. The van der Waals surface area contributed by atoms with Crippen LogP contribution >= 0.6 is 11.6 Å². The number of carbonyl (C=O) groups is 3. The summed E-state index contributed by atoms with van der Waals surface area (Å²) in [7, 11) is -2.31. The second-order valence-corrected chi connectivity index (χ2v) is 9.10. The van der Waals surface area contributed by atoms with Crippen LogP contribution in [0.25, 0.3) is 5.69 Å². The molecule has 166 valence electrons. The monoisotopic (exact) mass is 475 g/mol. The number of aromatic nitrogens is 2. The molecule has 0 aliphatic rings. The zero-order valence-corrected chi connectivity index (χ0v) is 18.6. The van der Waals surface area contributed by atoms with Gasteiger partial charge in [0.1, 0.15) is 5.69 Å². The Labute approximate surface area is 188 Å². The predicted octanol–water partition coefficient (Wildman–Crippen LogP) is 2.33. The number of esters is 1. The van der Waals surface area contributed by atoms with Crippen molar-refractivity contribution < 1.29 is 27.5 Å². The van der Waals surface area contributed by atoms with Gasteiger partial charge in [0.25, 0.3) is 5.91 Å². The second kappa shape index (κ2) is 9.33. The van der Waals surface area contributed by atoms with E-state index in [4.69, 9.17) is 11.6 Å². The minimum absolute atomic E-state index is 0.00538. The average Bonchev–Trinajstić information content (AvgIpc) is 3.22. The number of hydrogen-bond acceptors (Lipinski definition) is 7. The molecular weight excluding hydrogens is 458 g/mol. The highest BCUT2D eigenvalue weighted by molar-refractivity contribution is 7.90. The van der Waals surface area contributed by atoms with Crippen LogP contribution < -0.4 is 5.32 Å². The molecule has 3 aromatic rings. The Morgan fingerprint density at radius 3 is 2.47 bits per heavy atom. The third kappa shape index (κ3) is 5.04. The molecule has 0 bridgehead atoms. The van der Waals surface area contributed by atoms with Crippen LogP contribution in [0.3, 0.4) is 0 Å². The Morgan fingerprint density at radius 2 is 1.81 bits per heavy atom. The fourth-order valence-electron chi connectivity index (χ4n) is 2.81. The number of methoxy groups -OCH3 is 1. The number of benzene rings is 2. The van der Waals surface area contributed by atoms with E-state index in [2.05, 4.69) is 15.2 Å². The van der Waals surface area contributed by atoms with Crippen LogP contribution in [-0.2, 0) is 14.6 Å². The van der Waals surface area contributed by atoms with Crippen LogP contribution in [0, 0.1) is 0 Å². The predicted molar refractivity (Wildman–Crippen MR) is 116 cm³/mol. The number of nitrogens with one attached hydrogen (secondary N) is 1. The van der Waals surface area contributed by atoms with Gasteiger partial charge in [-0.1, -0.05) is 35.9 Å². The quantitative estimate of drug-likeness (QED) is 0.410. The second-order valence-electron chi connectivity index (χ2n) is 6.68. The molecule has 0 fully saturated rings. The number of para-hydroxylation sites is 1. The van der Waals surface area contributed by atoms with Gasteiger partial charge in [0.2, 0.25) is 0 Å². The van der Waals surface area contributed by atoms with Gasteiger partial charge in [0.05, 0.1) is 29.3 Å². The SMILES string of the molecule is COC(=O)c1cc(C(=O)NCC(=O)c2cccc(S(C)(=O)=O)c2)n(-c2ccccc2Cl)n1. The summed E-state index contributed by atoms with van der Waals surface area (Å²) in [6.45, 7) is -0.409. The molecule has 2 aromatic carbocycles. The number of hydrogen-bond donors (Lipinski definition) is 1. The molecule has 0 aliphatic heterocycles. The smallest absolute Gasteiger partial charge is 0.358 e. The fraction of sp³-hybridized carbons (Fsp3) is 0.143. The van der Waals surface area contributed by atoms with Crippen molar-refractivity contribution in [3.05, 3.63) is 76.6 Å². The highest BCUT2D eigenvalue weighted by atomic mass is 35.5. The molecule has 0 saturated carbocycles. The lowest BCUT2D eigenvalue weighted by atomic mass is 10.1. The minimum atomic E-state index is -3.49. The molecule has 0 radical (unpaired) electrons. The van der Waals surface area contributed by atoms with E-state index in [1.165, 1.54) is 42.1 Å². The Balaban J connectivity index is 1.86. The molecule has 0 aliphatic carbocycles. The van der Waals surface area contributed by atoms with Crippen molar-refractivity contribution in [2.45, 2.75) is 4.90 Å². The van der Waals surface area contributed by atoms with Crippen LogP contribution in [0.2, 0.25) is 5.02 Å². The van der Waals surface area contributed by atoms with E-state index in [-0.39, 0.29) is 26.9 Å². The molecule has 9 nitrogen and oxygen atoms in total. The summed E-state index contributed by atoms with van der Waals surface area (Å²) < 4.78 is 29.2. The first-order valence-electron chi connectivity index (χ1n) is 9.16. The van der Waals surface area contributed by atoms with Crippen LogP contribution in [-0.4, -0.2) is 55.8 Å². The number of carbonyl (C=O) groups excluding carboxylic acids is 3. The average molecular weight is 476 g/mol. The largest absolute Gasteiger partial charge is 0.464 e. The Morgan fingerprint density at radius 1 is 1.09 bits per heavy atom. The topological polar surface area (TPSA) is 124 Å². The maximum absolute atomic E-state index is 12.8. The molecule has 0 saturated heterocycles. The lowest BCUT2D eigenvalue weighted by molar-refractivity contribution is 0.0593. The third-order valence-electron chi connectivity index (χ3n) is 4.41. The number of rotatable bonds is 7. The van der Waals surface area contributed by atoms with Gasteiger partial charge in [-0.2, -0.15) is 5.10 Å². The molecule has 0 spiro atoms. The summed E-state index contributed by atoms with van der Waals surface area (Å²) in [5.74, 6) is -1.94. The third-order valence-corrected chi connectivity index (χ3v) is 5.84. The maximum atomic E-state index is 12.8. The molecule has 1 N–H and O–H groups in total. The molecule has 1 heterocycles. The van der Waals surface area contributed by atoms with Gasteiger partial charge in [0, 0.05) is 17.9 Å². The Hall–Kier alpha value is -3.50. The van der Waals surface area contributed by atoms with E-state index in [0.717, 1.165) is 6.26 Å². The van der Waals surface area contributed by atoms with E-state index < -0.39 is 34.0 Å². The molecular formula is C21H18ClN3O6S. The fourth-order valence-corrected chi connectivity index (χ4v) is 3.69. The molecule has 1 aromatic heterocycles. The van der Waals surface area contributed by atoms with Crippen molar-refractivity contribution in [1.82, 2.24) is 15.1 Å². The molecule has 32 heavy (non-hydrogen) atoms. The van der Waals surface area contributed by atoms with Crippen LogP contribution in [0.5, 0.6) is 0 Å². The van der Waals surface area contributed by atoms with Crippen molar-refractivity contribution in [2.75, 3.05) is 19.9 Å². The van der Waals surface area contributed by atoms with E-state index in [9.17, 15) is 22.8 Å².